The molecule has 0 radical (unpaired) electrons. The van der Waals surface area contributed by atoms with E-state index in [0.29, 0.717) is 12.1 Å². The number of carbonyl (C=O) groups is 1. The first-order valence-corrected chi connectivity index (χ1v) is 12.1. The van der Waals surface area contributed by atoms with Crippen LogP contribution in [0.1, 0.15) is 19.8 Å². The Labute approximate surface area is 211 Å². The van der Waals surface area contributed by atoms with Crippen molar-refractivity contribution in [3.63, 3.8) is 0 Å². The van der Waals surface area contributed by atoms with Crippen molar-refractivity contribution in [2.24, 2.45) is 0 Å². The number of nitrogens with one attached hydrogen (secondary N) is 3. The second-order valence-electron chi connectivity index (χ2n) is 8.93. The van der Waals surface area contributed by atoms with Crippen LogP contribution in [-0.4, -0.2) is 31.1 Å². The lowest BCUT2D eigenvalue weighted by Crippen LogP contribution is -2.10. The van der Waals surface area contributed by atoms with Crippen molar-refractivity contribution < 1.29 is 9.18 Å². The fourth-order valence-electron chi connectivity index (χ4n) is 4.55. The van der Waals surface area contributed by atoms with Gasteiger partial charge in [-0.05, 0) is 53.9 Å². The molecule has 1 amide bonds. The summed E-state index contributed by atoms with van der Waals surface area (Å²) < 4.78 is 13.5. The predicted octanol–water partition coefficient (Wildman–Crippen LogP) is 6.71. The number of aromatic amines is 2. The fraction of sp³-hybridized carbons (Fsp3) is 0.103. The summed E-state index contributed by atoms with van der Waals surface area (Å²) in [5, 5.41) is 12.5. The smallest absolute Gasteiger partial charge is 0.224 e. The van der Waals surface area contributed by atoms with Gasteiger partial charge in [-0.15, -0.1) is 0 Å². The molecule has 4 aromatic heterocycles. The number of pyridine rings is 2. The number of aromatic nitrogens is 5. The van der Waals surface area contributed by atoms with Gasteiger partial charge in [-0.3, -0.25) is 19.9 Å². The summed E-state index contributed by atoms with van der Waals surface area (Å²) in [5.41, 5.74) is 7.69. The van der Waals surface area contributed by atoms with Crippen LogP contribution in [0.5, 0.6) is 0 Å². The molecule has 8 heteroatoms. The lowest BCUT2D eigenvalue weighted by molar-refractivity contribution is -0.116. The van der Waals surface area contributed by atoms with Gasteiger partial charge in [0.15, 0.2) is 0 Å². The highest BCUT2D eigenvalue weighted by atomic mass is 19.1. The topological polar surface area (TPSA) is 99.3 Å². The lowest BCUT2D eigenvalue weighted by atomic mass is 10.0. The summed E-state index contributed by atoms with van der Waals surface area (Å²) in [7, 11) is 0. The van der Waals surface area contributed by atoms with E-state index in [0.717, 1.165) is 61.9 Å². The van der Waals surface area contributed by atoms with Gasteiger partial charge in [0.1, 0.15) is 11.5 Å². The van der Waals surface area contributed by atoms with Crippen LogP contribution in [0.3, 0.4) is 0 Å². The largest absolute Gasteiger partial charge is 0.352 e. The molecule has 182 valence electrons. The minimum Gasteiger partial charge on any atom is -0.352 e. The molecule has 2 aromatic carbocycles. The molecule has 0 aliphatic carbocycles. The van der Waals surface area contributed by atoms with E-state index >= 15 is 0 Å². The minimum absolute atomic E-state index is 0.0256. The SMILES string of the molecule is CCCC(=O)Nc1cncc(-c2ccc3[nH]nc(-c4cc5c(-c6ccc(F)cc6)cncc5[nH]4)c3c2)c1. The van der Waals surface area contributed by atoms with Gasteiger partial charge in [-0.25, -0.2) is 4.39 Å². The summed E-state index contributed by atoms with van der Waals surface area (Å²) in [6, 6.07) is 16.4. The Kier molecular flexibility index (Phi) is 5.69. The number of fused-ring (bicyclic) bond motifs is 2. The highest BCUT2D eigenvalue weighted by Gasteiger charge is 2.15. The van der Waals surface area contributed by atoms with Crippen molar-refractivity contribution in [2.45, 2.75) is 19.8 Å². The number of hydrogen-bond donors (Lipinski definition) is 3. The van der Waals surface area contributed by atoms with E-state index in [9.17, 15) is 9.18 Å². The molecule has 0 saturated heterocycles. The molecule has 0 unspecified atom stereocenters. The second-order valence-corrected chi connectivity index (χ2v) is 8.93. The zero-order valence-electron chi connectivity index (χ0n) is 20.0. The zero-order chi connectivity index (χ0) is 25.4. The van der Waals surface area contributed by atoms with E-state index < -0.39 is 0 Å². The Bertz CT molecular complexity index is 1750. The molecule has 0 aliphatic heterocycles. The molecule has 6 aromatic rings. The number of anilines is 1. The number of halogens is 1. The van der Waals surface area contributed by atoms with Crippen LogP contribution >= 0.6 is 0 Å². The molecule has 6 rings (SSSR count). The van der Waals surface area contributed by atoms with Crippen molar-refractivity contribution in [3.8, 4) is 33.6 Å². The second kappa shape index (κ2) is 9.31. The maximum Gasteiger partial charge on any atom is 0.224 e. The molecule has 0 saturated carbocycles. The molecular formula is C29H23FN6O. The standard InChI is InChI=1S/C29H23FN6O/c1-2-3-28(37)33-21-10-19(13-31-14-21)18-6-9-25-23(11-18)29(36-35-25)26-12-22-24(15-32-16-27(22)34-26)17-4-7-20(30)8-5-17/h4-16,34H,2-3H2,1H3,(H,33,37)(H,35,36). The van der Waals surface area contributed by atoms with E-state index in [2.05, 4.69) is 36.5 Å². The van der Waals surface area contributed by atoms with Crippen LogP contribution in [0, 0.1) is 5.82 Å². The van der Waals surface area contributed by atoms with Crippen molar-refractivity contribution in [1.82, 2.24) is 25.1 Å². The van der Waals surface area contributed by atoms with E-state index in [1.165, 1.54) is 12.1 Å². The summed E-state index contributed by atoms with van der Waals surface area (Å²) in [4.78, 5) is 24.2. The van der Waals surface area contributed by atoms with Gasteiger partial charge in [0.05, 0.1) is 34.8 Å². The fourth-order valence-corrected chi connectivity index (χ4v) is 4.55. The number of nitrogens with zero attached hydrogens (tertiary/aromatic N) is 3. The molecule has 0 spiro atoms. The van der Waals surface area contributed by atoms with Gasteiger partial charge in [0, 0.05) is 40.7 Å². The Morgan fingerprint density at radius 3 is 2.51 bits per heavy atom. The van der Waals surface area contributed by atoms with Gasteiger partial charge in [0.2, 0.25) is 5.91 Å². The monoisotopic (exact) mass is 490 g/mol. The lowest BCUT2D eigenvalue weighted by Gasteiger charge is -2.07. The molecule has 7 nitrogen and oxygen atoms in total. The molecule has 3 N–H and O–H groups in total. The number of rotatable bonds is 6. The number of benzene rings is 2. The molecule has 0 fully saturated rings. The van der Waals surface area contributed by atoms with Crippen LogP contribution in [0.4, 0.5) is 10.1 Å². The third kappa shape index (κ3) is 4.33. The minimum atomic E-state index is -0.276. The first kappa shape index (κ1) is 22.6. The Balaban J connectivity index is 1.40. The van der Waals surface area contributed by atoms with Crippen molar-refractivity contribution in [3.05, 3.63) is 85.2 Å². The van der Waals surface area contributed by atoms with Gasteiger partial charge in [-0.2, -0.15) is 5.10 Å². The van der Waals surface area contributed by atoms with Gasteiger partial charge in [-0.1, -0.05) is 25.1 Å². The molecule has 0 aliphatic rings. The predicted molar refractivity (Wildman–Crippen MR) is 143 cm³/mol. The molecular weight excluding hydrogens is 467 g/mol. The third-order valence-corrected chi connectivity index (χ3v) is 6.35. The van der Waals surface area contributed by atoms with Crippen LogP contribution in [0.2, 0.25) is 0 Å². The quantitative estimate of drug-likeness (QED) is 0.241. The average Bonchev–Trinajstić information content (AvgIpc) is 3.53. The first-order chi connectivity index (χ1) is 18.1. The number of hydrogen-bond acceptors (Lipinski definition) is 4. The summed E-state index contributed by atoms with van der Waals surface area (Å²) in [5.74, 6) is -0.302. The van der Waals surface area contributed by atoms with Crippen LogP contribution in [0.15, 0.2) is 79.4 Å². The van der Waals surface area contributed by atoms with E-state index in [1.807, 2.05) is 31.2 Å². The summed E-state index contributed by atoms with van der Waals surface area (Å²) in [6.07, 6.45) is 8.24. The van der Waals surface area contributed by atoms with Crippen LogP contribution in [-0.2, 0) is 4.79 Å². The van der Waals surface area contributed by atoms with Gasteiger partial charge >= 0.3 is 0 Å². The maximum absolute atomic E-state index is 13.5. The Morgan fingerprint density at radius 1 is 0.865 bits per heavy atom. The highest BCUT2D eigenvalue weighted by Crippen LogP contribution is 2.35. The molecule has 0 atom stereocenters. The third-order valence-electron chi connectivity index (χ3n) is 6.35. The Morgan fingerprint density at radius 2 is 1.68 bits per heavy atom. The average molecular weight is 491 g/mol. The van der Waals surface area contributed by atoms with E-state index in [-0.39, 0.29) is 11.7 Å². The summed E-state index contributed by atoms with van der Waals surface area (Å²) in [6.45, 7) is 1.97. The maximum atomic E-state index is 13.5. The molecule has 37 heavy (non-hydrogen) atoms. The number of H-pyrrole nitrogens is 2. The summed E-state index contributed by atoms with van der Waals surface area (Å²) >= 11 is 0. The van der Waals surface area contributed by atoms with E-state index in [1.54, 1.807) is 36.9 Å². The van der Waals surface area contributed by atoms with Gasteiger partial charge in [0.25, 0.3) is 0 Å². The van der Waals surface area contributed by atoms with Crippen LogP contribution < -0.4 is 5.32 Å². The Hall–Kier alpha value is -4.85. The number of carbonyl (C=O) groups excluding carboxylic acids is 1. The highest BCUT2D eigenvalue weighted by molar-refractivity contribution is 6.01. The normalized spacial score (nSPS) is 11.3. The van der Waals surface area contributed by atoms with Crippen LogP contribution in [0.25, 0.3) is 55.4 Å². The van der Waals surface area contributed by atoms with Crippen molar-refractivity contribution in [2.75, 3.05) is 5.32 Å². The molecule has 0 bridgehead atoms. The van der Waals surface area contributed by atoms with Crippen molar-refractivity contribution >= 4 is 33.4 Å². The zero-order valence-corrected chi connectivity index (χ0v) is 20.0. The number of amides is 1. The van der Waals surface area contributed by atoms with E-state index in [4.69, 9.17) is 0 Å². The first-order valence-electron chi connectivity index (χ1n) is 12.1. The molecule has 4 heterocycles. The van der Waals surface area contributed by atoms with Gasteiger partial charge < -0.3 is 10.3 Å². The van der Waals surface area contributed by atoms with Crippen molar-refractivity contribution in [1.29, 1.82) is 0 Å².